The summed E-state index contributed by atoms with van der Waals surface area (Å²) in [5.74, 6) is -0.467. The van der Waals surface area contributed by atoms with E-state index in [1.807, 2.05) is 19.2 Å². The van der Waals surface area contributed by atoms with Crippen molar-refractivity contribution >= 4 is 40.0 Å². The molecule has 1 spiro atoms. The summed E-state index contributed by atoms with van der Waals surface area (Å²) < 4.78 is 20.7. The molecule has 4 fully saturated rings. The molecule has 4 aromatic rings. The van der Waals surface area contributed by atoms with E-state index in [-0.39, 0.29) is 53.9 Å². The second kappa shape index (κ2) is 17.5. The predicted molar refractivity (Wildman–Crippen MR) is 247 cm³/mol. The van der Waals surface area contributed by atoms with Gasteiger partial charge in [-0.25, -0.2) is 10.4 Å². The normalized spacial score (nSPS) is 27.5. The van der Waals surface area contributed by atoms with Crippen LogP contribution in [0.2, 0.25) is 0 Å². The van der Waals surface area contributed by atoms with E-state index >= 15 is 4.79 Å². The number of nitrogens with one attached hydrogen (secondary N) is 2. The Bertz CT molecular complexity index is 2400. The van der Waals surface area contributed by atoms with Crippen LogP contribution >= 0.6 is 11.3 Å². The van der Waals surface area contributed by atoms with E-state index in [4.69, 9.17) is 24.2 Å². The Morgan fingerprint density at radius 3 is 2.58 bits per heavy atom. The summed E-state index contributed by atoms with van der Waals surface area (Å²) in [5.41, 5.74) is 9.61. The molecule has 9 rings (SSSR count). The molecule has 1 aliphatic carbocycles. The van der Waals surface area contributed by atoms with Gasteiger partial charge in [-0.05, 0) is 95.2 Å². The fourth-order valence-corrected chi connectivity index (χ4v) is 11.6. The second-order valence-corrected chi connectivity index (χ2v) is 21.1. The minimum Gasteiger partial charge on any atom is -0.464 e. The van der Waals surface area contributed by atoms with Gasteiger partial charge in [0.25, 0.3) is 5.91 Å². The number of nitrogens with zero attached hydrogens (tertiary/aromatic N) is 6. The van der Waals surface area contributed by atoms with Crippen molar-refractivity contribution in [3.8, 4) is 22.5 Å². The molecule has 3 aromatic heterocycles. The summed E-state index contributed by atoms with van der Waals surface area (Å²) in [4.78, 5) is 58.3. The Kier molecular flexibility index (Phi) is 12.3. The number of likely N-dealkylation sites (tertiary alicyclic amines) is 2. The third-order valence-corrected chi connectivity index (χ3v) is 15.9. The number of methoxy groups -OCH3 is 1. The smallest absolute Gasteiger partial charge is 0.324 e. The number of carbonyl (C=O) groups is 3. The number of benzene rings is 1. The van der Waals surface area contributed by atoms with Gasteiger partial charge in [0.1, 0.15) is 17.1 Å². The fourth-order valence-electron chi connectivity index (χ4n) is 10.6. The summed E-state index contributed by atoms with van der Waals surface area (Å²) in [6.07, 6.45) is 4.42. The third kappa shape index (κ3) is 8.29. The average Bonchev–Trinajstić information content (AvgIpc) is 3.53. The Hall–Kier alpha value is -4.25. The highest BCUT2D eigenvalue weighted by Gasteiger charge is 2.57. The van der Waals surface area contributed by atoms with Crippen LogP contribution in [0.3, 0.4) is 0 Å². The maximum atomic E-state index is 15.1. The molecule has 15 heteroatoms. The summed E-state index contributed by atoms with van der Waals surface area (Å²) in [6.45, 7) is 18.8. The lowest BCUT2D eigenvalue weighted by molar-refractivity contribution is -0.159. The van der Waals surface area contributed by atoms with Crippen molar-refractivity contribution in [1.82, 2.24) is 40.1 Å². The van der Waals surface area contributed by atoms with Crippen molar-refractivity contribution in [2.75, 3.05) is 53.6 Å². The summed E-state index contributed by atoms with van der Waals surface area (Å²) in [5, 5.41) is 8.79. The minimum atomic E-state index is -0.934. The molecule has 2 N–H and O–H groups in total. The quantitative estimate of drug-likeness (QED) is 0.171. The number of hydrazine groups is 1. The van der Waals surface area contributed by atoms with Gasteiger partial charge in [-0.15, -0.1) is 11.3 Å². The first-order chi connectivity index (χ1) is 30.6. The molecule has 4 aliphatic heterocycles. The van der Waals surface area contributed by atoms with Gasteiger partial charge in [0, 0.05) is 90.3 Å². The number of hydrogen-bond donors (Lipinski definition) is 2. The highest BCUT2D eigenvalue weighted by Crippen LogP contribution is 2.48. The van der Waals surface area contributed by atoms with Crippen molar-refractivity contribution in [2.24, 2.45) is 23.2 Å². The van der Waals surface area contributed by atoms with E-state index < -0.39 is 29.5 Å². The highest BCUT2D eigenvalue weighted by molar-refractivity contribution is 7.10. The molecule has 1 saturated carbocycles. The number of rotatable bonds is 10. The Morgan fingerprint density at radius 2 is 1.89 bits per heavy atom. The zero-order valence-corrected chi connectivity index (χ0v) is 39.8. The number of hydrogen-bond acceptors (Lipinski definition) is 12. The van der Waals surface area contributed by atoms with Crippen LogP contribution in [-0.2, 0) is 41.6 Å². The van der Waals surface area contributed by atoms with Gasteiger partial charge in [-0.3, -0.25) is 34.2 Å². The SMILES string of the molecule is CO[C@@H](C)c1ncccc1-c1c2c3cc(ccc3n1CCOC(C)C)-c1csc(n1)[C@@H](N1CC3(CCN3C)C1)[C@H](NC(=O)C1[C@@H](C)[C@H]1C)C(=O)N1CCC[C@H](N1)C(=O)OCC(C)(C)C2. The van der Waals surface area contributed by atoms with E-state index in [9.17, 15) is 9.59 Å². The molecular weight excluding hydrogens is 829 g/mol. The number of ether oxygens (including phenoxy) is 3. The maximum Gasteiger partial charge on any atom is 0.324 e. The number of carbonyl (C=O) groups excluding carboxylic acids is 3. The Morgan fingerprint density at radius 1 is 1.11 bits per heavy atom. The van der Waals surface area contributed by atoms with Gasteiger partial charge in [-0.2, -0.15) is 0 Å². The van der Waals surface area contributed by atoms with Gasteiger partial charge < -0.3 is 24.1 Å². The first kappa shape index (κ1) is 44.9. The third-order valence-electron chi connectivity index (χ3n) is 14.9. The molecule has 7 atom stereocenters. The number of thiazole rings is 1. The van der Waals surface area contributed by atoms with Crippen LogP contribution in [0.5, 0.6) is 0 Å². The molecule has 1 aromatic carbocycles. The van der Waals surface area contributed by atoms with Crippen LogP contribution in [0.4, 0.5) is 0 Å². The topological polar surface area (TPSA) is 143 Å². The van der Waals surface area contributed by atoms with Gasteiger partial charge in [0.05, 0.1) is 48.5 Å². The molecule has 14 nitrogen and oxygen atoms in total. The molecule has 5 aliphatic rings. The summed E-state index contributed by atoms with van der Waals surface area (Å²) >= 11 is 1.54. The van der Waals surface area contributed by atoms with Crippen LogP contribution < -0.4 is 10.7 Å². The average molecular weight is 895 g/mol. The van der Waals surface area contributed by atoms with Crippen molar-refractivity contribution in [1.29, 1.82) is 0 Å². The van der Waals surface area contributed by atoms with Gasteiger partial charge in [-0.1, -0.05) is 33.8 Å². The first-order valence-corrected chi connectivity index (χ1v) is 24.2. The predicted octanol–water partition coefficient (Wildman–Crippen LogP) is 6.40. The van der Waals surface area contributed by atoms with Crippen molar-refractivity contribution in [3.05, 3.63) is 58.2 Å². The largest absolute Gasteiger partial charge is 0.464 e. The number of likely N-dealkylation sites (N-methyl/N-ethyl adjacent to an activating group) is 1. The molecule has 7 heterocycles. The molecular formula is C49H66N8O6S. The zero-order valence-electron chi connectivity index (χ0n) is 39.0. The standard InChI is InChI=1S/C49H66N8O6S/c1-28(2)62-21-20-56-38-15-14-32-22-34(38)35(42(56)33-12-10-17-50-40(33)31(5)61-9)23-48(6,7)27-63-47(60)36-13-11-18-57(53-36)46(59)41(52-44(58)39-29(3)30(39)4)43(45-51-37(32)24-64-45)55-25-49(26-55)16-19-54(49)8/h10,12,14-15,17,22,24,28-31,36,39,41,43,53H,11,13,16,18-21,23,25-27H2,1-9H3,(H,52,58)/t29-,30+,31-,36-,39?,41-,43-/m0/s1. The van der Waals surface area contributed by atoms with E-state index in [0.717, 1.165) is 75.7 Å². The van der Waals surface area contributed by atoms with Crippen LogP contribution in [-0.4, -0.2) is 124 Å². The Labute approximate surface area is 381 Å². The number of pyridine rings is 1. The van der Waals surface area contributed by atoms with Crippen molar-refractivity contribution in [3.63, 3.8) is 0 Å². The lowest BCUT2D eigenvalue weighted by Gasteiger charge is -2.63. The van der Waals surface area contributed by atoms with Crippen LogP contribution in [0.1, 0.15) is 96.1 Å². The van der Waals surface area contributed by atoms with Crippen molar-refractivity contribution < 1.29 is 28.6 Å². The first-order valence-electron chi connectivity index (χ1n) is 23.3. The second-order valence-electron chi connectivity index (χ2n) is 20.3. The number of cyclic esters (lactones) is 1. The van der Waals surface area contributed by atoms with Crippen LogP contribution in [0, 0.1) is 23.2 Å². The number of esters is 1. The van der Waals surface area contributed by atoms with Crippen molar-refractivity contribution in [2.45, 2.75) is 117 Å². The van der Waals surface area contributed by atoms with Crippen LogP contribution in [0.15, 0.2) is 41.9 Å². The zero-order chi connectivity index (χ0) is 45.2. The summed E-state index contributed by atoms with van der Waals surface area (Å²) in [7, 11) is 3.87. The fraction of sp³-hybridized carbons (Fsp3) is 0.612. The molecule has 0 radical (unpaired) electrons. The lowest BCUT2D eigenvalue weighted by atomic mass is 9.76. The molecule has 1 unspecified atom stereocenters. The van der Waals surface area contributed by atoms with Crippen LogP contribution in [0.25, 0.3) is 33.4 Å². The van der Waals surface area contributed by atoms with Gasteiger partial charge in [0.15, 0.2) is 0 Å². The van der Waals surface area contributed by atoms with E-state index in [1.54, 1.807) is 12.1 Å². The number of fused-ring (bicyclic) bond motifs is 6. The molecule has 3 saturated heterocycles. The van der Waals surface area contributed by atoms with E-state index in [2.05, 4.69) is 103 Å². The number of amides is 2. The van der Waals surface area contributed by atoms with E-state index in [0.29, 0.717) is 39.0 Å². The molecule has 2 amide bonds. The van der Waals surface area contributed by atoms with E-state index in [1.165, 1.54) is 11.3 Å². The molecule has 6 bridgehead atoms. The van der Waals surface area contributed by atoms with Gasteiger partial charge >= 0.3 is 5.97 Å². The van der Waals surface area contributed by atoms with Gasteiger partial charge in [0.2, 0.25) is 5.91 Å². The highest BCUT2D eigenvalue weighted by atomic mass is 32.1. The minimum absolute atomic E-state index is 0.0525. The lowest BCUT2D eigenvalue weighted by Crippen LogP contribution is -2.77. The maximum absolute atomic E-state index is 15.1. The Balaban J connectivity index is 1.21. The monoisotopic (exact) mass is 894 g/mol. The molecule has 344 valence electrons. The summed E-state index contributed by atoms with van der Waals surface area (Å²) in [6, 6.07) is 8.48. The molecule has 64 heavy (non-hydrogen) atoms. The number of aromatic nitrogens is 3.